The van der Waals surface area contributed by atoms with Crippen molar-refractivity contribution in [1.82, 2.24) is 15.2 Å². The molecule has 1 N–H and O–H groups in total. The molecule has 1 unspecified atom stereocenters. The lowest BCUT2D eigenvalue weighted by molar-refractivity contribution is 0.0934. The van der Waals surface area contributed by atoms with Crippen LogP contribution < -0.4 is 5.32 Å². The van der Waals surface area contributed by atoms with Crippen molar-refractivity contribution < 1.29 is 9.21 Å². The van der Waals surface area contributed by atoms with Gasteiger partial charge in [-0.2, -0.15) is 0 Å². The number of amides is 1. The zero-order chi connectivity index (χ0) is 13.7. The smallest absolute Gasteiger partial charge is 0.269 e. The van der Waals surface area contributed by atoms with Crippen molar-refractivity contribution in [3.8, 4) is 0 Å². The molecule has 2 heterocycles. The number of aromatic nitrogens is 1. The number of hydrogen-bond donors (Lipinski definition) is 1. The Hall–Kier alpha value is -2.14. The van der Waals surface area contributed by atoms with Crippen molar-refractivity contribution in [2.45, 2.75) is 6.04 Å². The molecule has 1 amide bonds. The van der Waals surface area contributed by atoms with Crippen molar-refractivity contribution >= 4 is 5.91 Å². The molecule has 0 bridgehead atoms. The molecule has 2 rings (SSSR count). The minimum Gasteiger partial charge on any atom is -0.468 e. The maximum atomic E-state index is 11.9. The summed E-state index contributed by atoms with van der Waals surface area (Å²) in [5.41, 5.74) is 0.416. The lowest BCUT2D eigenvalue weighted by Crippen LogP contribution is -2.34. The van der Waals surface area contributed by atoms with Gasteiger partial charge in [0.2, 0.25) is 0 Å². The summed E-state index contributed by atoms with van der Waals surface area (Å²) in [6, 6.07) is 9.00. The Bertz CT molecular complexity index is 509. The van der Waals surface area contributed by atoms with Crippen molar-refractivity contribution in [3.05, 3.63) is 54.2 Å². The van der Waals surface area contributed by atoms with Crippen molar-refractivity contribution in [3.63, 3.8) is 0 Å². The summed E-state index contributed by atoms with van der Waals surface area (Å²) in [7, 11) is 3.89. The highest BCUT2D eigenvalue weighted by Crippen LogP contribution is 2.17. The highest BCUT2D eigenvalue weighted by atomic mass is 16.3. The number of likely N-dealkylation sites (N-methyl/N-ethyl adjacent to an activating group) is 1. The average molecular weight is 259 g/mol. The quantitative estimate of drug-likeness (QED) is 0.888. The molecule has 5 heteroatoms. The summed E-state index contributed by atoms with van der Waals surface area (Å²) in [5.74, 6) is 0.644. The van der Waals surface area contributed by atoms with E-state index in [1.54, 1.807) is 30.7 Å². The Labute approximate surface area is 112 Å². The van der Waals surface area contributed by atoms with Gasteiger partial charge in [0.25, 0.3) is 5.91 Å². The predicted molar refractivity (Wildman–Crippen MR) is 71.7 cm³/mol. The molecule has 0 saturated carbocycles. The van der Waals surface area contributed by atoms with Gasteiger partial charge in [-0.1, -0.05) is 6.07 Å². The molecule has 0 aliphatic heterocycles. The first-order chi connectivity index (χ1) is 9.18. The number of hydrogen-bond acceptors (Lipinski definition) is 4. The van der Waals surface area contributed by atoms with Crippen molar-refractivity contribution in [2.75, 3.05) is 20.6 Å². The summed E-state index contributed by atoms with van der Waals surface area (Å²) in [4.78, 5) is 17.9. The first kappa shape index (κ1) is 13.3. The first-order valence-electron chi connectivity index (χ1n) is 6.07. The molecule has 100 valence electrons. The van der Waals surface area contributed by atoms with Crippen LogP contribution >= 0.6 is 0 Å². The maximum Gasteiger partial charge on any atom is 0.269 e. The molecule has 0 aromatic carbocycles. The van der Waals surface area contributed by atoms with Crippen LogP contribution in [0.2, 0.25) is 0 Å². The summed E-state index contributed by atoms with van der Waals surface area (Å²) < 4.78 is 5.39. The van der Waals surface area contributed by atoms with Crippen molar-refractivity contribution in [2.24, 2.45) is 0 Å². The van der Waals surface area contributed by atoms with Crippen LogP contribution in [0.5, 0.6) is 0 Å². The normalized spacial score (nSPS) is 12.4. The molecular weight excluding hydrogens is 242 g/mol. The molecule has 2 aromatic rings. The van der Waals surface area contributed by atoms with Crippen LogP contribution in [0.3, 0.4) is 0 Å². The van der Waals surface area contributed by atoms with Crippen LogP contribution in [0.15, 0.2) is 47.2 Å². The Morgan fingerprint density at radius 3 is 2.79 bits per heavy atom. The molecule has 19 heavy (non-hydrogen) atoms. The fourth-order valence-corrected chi connectivity index (χ4v) is 1.80. The highest BCUT2D eigenvalue weighted by Gasteiger charge is 2.18. The molecule has 0 saturated heterocycles. The lowest BCUT2D eigenvalue weighted by Gasteiger charge is -2.22. The van der Waals surface area contributed by atoms with E-state index in [4.69, 9.17) is 4.42 Å². The van der Waals surface area contributed by atoms with Gasteiger partial charge >= 0.3 is 0 Å². The number of carbonyl (C=O) groups is 1. The fourth-order valence-electron chi connectivity index (χ4n) is 1.80. The van der Waals surface area contributed by atoms with E-state index in [9.17, 15) is 4.79 Å². The third-order valence-electron chi connectivity index (χ3n) is 2.85. The third kappa shape index (κ3) is 3.42. The molecule has 0 radical (unpaired) electrons. The second-order valence-corrected chi connectivity index (χ2v) is 4.42. The van der Waals surface area contributed by atoms with Gasteiger partial charge in [-0.15, -0.1) is 0 Å². The Kier molecular flexibility index (Phi) is 4.30. The third-order valence-corrected chi connectivity index (χ3v) is 2.85. The van der Waals surface area contributed by atoms with E-state index in [0.29, 0.717) is 12.2 Å². The van der Waals surface area contributed by atoms with Gasteiger partial charge in [-0.3, -0.25) is 14.7 Å². The van der Waals surface area contributed by atoms with E-state index in [-0.39, 0.29) is 11.9 Å². The minimum absolute atomic E-state index is 0.00247. The fraction of sp³-hybridized carbons (Fsp3) is 0.286. The largest absolute Gasteiger partial charge is 0.468 e. The van der Waals surface area contributed by atoms with Gasteiger partial charge in [0.1, 0.15) is 11.5 Å². The minimum atomic E-state index is -0.181. The summed E-state index contributed by atoms with van der Waals surface area (Å²) in [6.07, 6.45) is 3.23. The molecule has 2 aromatic heterocycles. The van der Waals surface area contributed by atoms with Crippen LogP contribution in [0, 0.1) is 0 Å². The number of nitrogens with one attached hydrogen (secondary N) is 1. The van der Waals surface area contributed by atoms with Crippen LogP contribution in [0.25, 0.3) is 0 Å². The monoisotopic (exact) mass is 259 g/mol. The highest BCUT2D eigenvalue weighted by molar-refractivity contribution is 5.92. The molecule has 0 fully saturated rings. The van der Waals surface area contributed by atoms with Gasteiger partial charge in [-0.05, 0) is 38.4 Å². The van der Waals surface area contributed by atoms with Gasteiger partial charge in [0, 0.05) is 12.7 Å². The van der Waals surface area contributed by atoms with E-state index >= 15 is 0 Å². The second-order valence-electron chi connectivity index (χ2n) is 4.42. The zero-order valence-electron chi connectivity index (χ0n) is 11.0. The van der Waals surface area contributed by atoms with E-state index < -0.39 is 0 Å². The predicted octanol–water partition coefficient (Wildman–Crippen LogP) is 1.71. The van der Waals surface area contributed by atoms with E-state index in [2.05, 4.69) is 10.3 Å². The van der Waals surface area contributed by atoms with E-state index in [1.165, 1.54) is 0 Å². The average Bonchev–Trinajstić information content (AvgIpc) is 2.93. The van der Waals surface area contributed by atoms with Crippen LogP contribution in [0.1, 0.15) is 22.3 Å². The molecule has 5 nitrogen and oxygen atoms in total. The standard InChI is InChI=1S/C14H17N3O2/c1-17(2)12(13-7-5-9-19-13)10-16-14(18)11-6-3-4-8-15-11/h3-9,12H,10H2,1-2H3,(H,16,18). The number of pyridine rings is 1. The topological polar surface area (TPSA) is 58.4 Å². The van der Waals surface area contributed by atoms with Gasteiger partial charge in [0.15, 0.2) is 0 Å². The lowest BCUT2D eigenvalue weighted by atomic mass is 10.2. The first-order valence-corrected chi connectivity index (χ1v) is 6.07. The molecule has 0 aliphatic rings. The number of rotatable bonds is 5. The summed E-state index contributed by atoms with van der Waals surface area (Å²) >= 11 is 0. The van der Waals surface area contributed by atoms with Crippen LogP contribution in [0.4, 0.5) is 0 Å². The number of furan rings is 1. The Morgan fingerprint density at radius 1 is 1.37 bits per heavy atom. The van der Waals surface area contributed by atoms with E-state index in [1.807, 2.05) is 31.1 Å². The van der Waals surface area contributed by atoms with Gasteiger partial charge in [0.05, 0.1) is 12.3 Å². The summed E-state index contributed by atoms with van der Waals surface area (Å²) in [6.45, 7) is 0.468. The van der Waals surface area contributed by atoms with Crippen LogP contribution in [-0.4, -0.2) is 36.4 Å². The molecular formula is C14H17N3O2. The number of nitrogens with zero attached hydrogens (tertiary/aromatic N) is 2. The molecule has 0 spiro atoms. The van der Waals surface area contributed by atoms with E-state index in [0.717, 1.165) is 5.76 Å². The van der Waals surface area contributed by atoms with Crippen LogP contribution in [-0.2, 0) is 0 Å². The SMILES string of the molecule is CN(C)C(CNC(=O)c1ccccn1)c1ccco1. The van der Waals surface area contributed by atoms with Crippen molar-refractivity contribution in [1.29, 1.82) is 0 Å². The van der Waals surface area contributed by atoms with Gasteiger partial charge < -0.3 is 9.73 Å². The Morgan fingerprint density at radius 2 is 2.21 bits per heavy atom. The second kappa shape index (κ2) is 6.15. The maximum absolute atomic E-state index is 11.9. The molecule has 1 atom stereocenters. The Balaban J connectivity index is 1.98. The van der Waals surface area contributed by atoms with Gasteiger partial charge in [-0.25, -0.2) is 0 Å². The summed E-state index contributed by atoms with van der Waals surface area (Å²) in [5, 5.41) is 2.87. The molecule has 0 aliphatic carbocycles. The zero-order valence-corrected chi connectivity index (χ0v) is 11.0. The number of carbonyl (C=O) groups excluding carboxylic acids is 1.